The Morgan fingerprint density at radius 2 is 1.74 bits per heavy atom. The number of benzene rings is 2. The number of carbonyl (C=O) groups is 2. The summed E-state index contributed by atoms with van der Waals surface area (Å²) in [6.07, 6.45) is -0.476. The van der Waals surface area contributed by atoms with E-state index in [9.17, 15) is 29.5 Å². The fourth-order valence-corrected chi connectivity index (χ4v) is 4.33. The lowest BCUT2D eigenvalue weighted by Crippen LogP contribution is -2.27. The third kappa shape index (κ3) is 7.25. The van der Waals surface area contributed by atoms with Crippen LogP contribution in [0.2, 0.25) is 0 Å². The molecule has 1 heterocycles. The lowest BCUT2D eigenvalue weighted by molar-refractivity contribution is -0.139. The second kappa shape index (κ2) is 12.9. The zero-order valence-corrected chi connectivity index (χ0v) is 21.3. The van der Waals surface area contributed by atoms with Gasteiger partial charge in [-0.3, -0.25) is 9.59 Å². The first-order valence-electron chi connectivity index (χ1n) is 12.3. The van der Waals surface area contributed by atoms with E-state index in [4.69, 9.17) is 5.11 Å². The fourth-order valence-electron chi connectivity index (χ4n) is 4.33. The van der Waals surface area contributed by atoms with E-state index in [0.29, 0.717) is 16.9 Å². The summed E-state index contributed by atoms with van der Waals surface area (Å²) < 4.78 is 15.2. The van der Waals surface area contributed by atoms with E-state index in [1.807, 2.05) is 50.4 Å². The summed E-state index contributed by atoms with van der Waals surface area (Å²) in [5, 5.41) is 43.6. The van der Waals surface area contributed by atoms with Gasteiger partial charge < -0.3 is 15.3 Å². The minimum atomic E-state index is -1.20. The molecule has 0 saturated heterocycles. The number of aliphatic hydroxyl groups excluding tert-OH is 2. The molecule has 10 heteroatoms. The number of aliphatic hydroxyl groups is 2. The van der Waals surface area contributed by atoms with E-state index in [1.54, 1.807) is 0 Å². The van der Waals surface area contributed by atoms with Crippen LogP contribution >= 0.6 is 0 Å². The first-order valence-corrected chi connectivity index (χ1v) is 12.3. The van der Waals surface area contributed by atoms with E-state index >= 15 is 0 Å². The molecule has 3 N–H and O–H groups in total. The second-order valence-corrected chi connectivity index (χ2v) is 9.41. The van der Waals surface area contributed by atoms with Crippen molar-refractivity contribution in [3.05, 3.63) is 82.9 Å². The molecule has 0 spiro atoms. The van der Waals surface area contributed by atoms with Crippen LogP contribution in [0.5, 0.6) is 0 Å². The molecular weight excluding hydrogens is 491 g/mol. The Labute approximate surface area is 220 Å². The minimum absolute atomic E-state index is 0.0621. The van der Waals surface area contributed by atoms with Gasteiger partial charge in [-0.2, -0.15) is 10.4 Å². The van der Waals surface area contributed by atoms with E-state index < -0.39 is 36.3 Å². The number of nitriles is 1. The van der Waals surface area contributed by atoms with Gasteiger partial charge in [0.2, 0.25) is 0 Å². The number of aromatic nitrogens is 2. The van der Waals surface area contributed by atoms with Gasteiger partial charge in [-0.15, -0.1) is 0 Å². The molecule has 0 fully saturated rings. The van der Waals surface area contributed by atoms with Crippen molar-refractivity contribution in [2.45, 2.75) is 64.2 Å². The first kappa shape index (κ1) is 28.5. The Kier molecular flexibility index (Phi) is 9.71. The normalized spacial score (nSPS) is 12.7. The average molecular weight is 523 g/mol. The third-order valence-electron chi connectivity index (χ3n) is 6.09. The second-order valence-electron chi connectivity index (χ2n) is 9.41. The molecule has 2 atom stereocenters. The van der Waals surface area contributed by atoms with Crippen LogP contribution in [-0.2, 0) is 17.8 Å². The smallest absolute Gasteiger partial charge is 0.305 e. The van der Waals surface area contributed by atoms with Crippen molar-refractivity contribution < 1.29 is 29.3 Å². The van der Waals surface area contributed by atoms with Crippen LogP contribution in [0.25, 0.3) is 5.69 Å². The van der Waals surface area contributed by atoms with Gasteiger partial charge in [-0.1, -0.05) is 44.2 Å². The van der Waals surface area contributed by atoms with Gasteiger partial charge in [-0.25, -0.2) is 14.0 Å². The molecule has 9 nitrogen and oxygen atoms in total. The number of carboxylic acid groups (broad SMARTS) is 1. The van der Waals surface area contributed by atoms with Crippen molar-refractivity contribution in [1.82, 2.24) is 14.7 Å². The maximum absolute atomic E-state index is 13.6. The molecule has 2 aromatic carbocycles. The number of hydrogen-bond acceptors (Lipinski definition) is 6. The van der Waals surface area contributed by atoms with Gasteiger partial charge in [0.15, 0.2) is 11.9 Å². The number of amides is 1. The third-order valence-corrected chi connectivity index (χ3v) is 6.09. The summed E-state index contributed by atoms with van der Waals surface area (Å²) in [6, 6.07) is 14.7. The number of rotatable bonds is 12. The summed E-state index contributed by atoms with van der Waals surface area (Å²) in [6.45, 7) is 3.83. The van der Waals surface area contributed by atoms with Crippen LogP contribution < -0.4 is 0 Å². The Balaban J connectivity index is 1.99. The summed E-state index contributed by atoms with van der Waals surface area (Å²) in [4.78, 5) is 25.4. The summed E-state index contributed by atoms with van der Waals surface area (Å²) in [7, 11) is 0. The first-order chi connectivity index (χ1) is 18.1. The minimum Gasteiger partial charge on any atom is -0.481 e. The molecule has 3 rings (SSSR count). The standard InChI is InChI=1S/C28H31FN4O5/c1-18(2)26-24(13-12-22(34)14-23(35)15-25(36)37)33(21-10-8-20(29)9-11-21)31-27(26)28(38)32(17-30)16-19-6-4-3-5-7-19/h3-11,18,22-23,34-35H,12-16H2,1-2H3,(H,36,37). The van der Waals surface area contributed by atoms with Gasteiger partial charge in [0.1, 0.15) is 5.82 Å². The quantitative estimate of drug-likeness (QED) is 0.243. The van der Waals surface area contributed by atoms with Crippen molar-refractivity contribution in [1.29, 1.82) is 5.26 Å². The molecule has 0 aliphatic heterocycles. The Morgan fingerprint density at radius 3 is 2.32 bits per heavy atom. The highest BCUT2D eigenvalue weighted by Crippen LogP contribution is 2.29. The number of nitrogens with zero attached hydrogens (tertiary/aromatic N) is 4. The molecule has 0 aliphatic rings. The van der Waals surface area contributed by atoms with Crippen molar-refractivity contribution in [3.8, 4) is 11.9 Å². The highest BCUT2D eigenvalue weighted by atomic mass is 19.1. The van der Waals surface area contributed by atoms with Crippen molar-refractivity contribution in [2.24, 2.45) is 0 Å². The number of hydrogen-bond donors (Lipinski definition) is 3. The van der Waals surface area contributed by atoms with Crippen LogP contribution in [-0.4, -0.2) is 54.1 Å². The summed E-state index contributed by atoms with van der Waals surface area (Å²) in [5.41, 5.74) is 2.53. The molecule has 1 amide bonds. The SMILES string of the molecule is CC(C)c1c(C(=O)N(C#N)Cc2ccccc2)nn(-c2ccc(F)cc2)c1CCC(O)CC(O)CC(=O)O. The topological polar surface area (TPSA) is 140 Å². The molecule has 0 radical (unpaired) electrons. The van der Waals surface area contributed by atoms with E-state index in [1.165, 1.54) is 28.9 Å². The average Bonchev–Trinajstić information content (AvgIpc) is 3.26. The van der Waals surface area contributed by atoms with Gasteiger partial charge in [0.25, 0.3) is 5.91 Å². The van der Waals surface area contributed by atoms with Crippen molar-refractivity contribution in [2.75, 3.05) is 0 Å². The molecule has 0 aliphatic carbocycles. The molecule has 200 valence electrons. The van der Waals surface area contributed by atoms with Gasteiger partial charge in [0, 0.05) is 11.3 Å². The monoisotopic (exact) mass is 522 g/mol. The zero-order valence-electron chi connectivity index (χ0n) is 21.3. The highest BCUT2D eigenvalue weighted by Gasteiger charge is 2.29. The van der Waals surface area contributed by atoms with E-state index in [0.717, 1.165) is 10.5 Å². The lowest BCUT2D eigenvalue weighted by Gasteiger charge is -2.17. The number of aliphatic carboxylic acids is 1. The zero-order chi connectivity index (χ0) is 27.8. The Bertz CT molecular complexity index is 1290. The van der Waals surface area contributed by atoms with Crippen LogP contribution in [0.3, 0.4) is 0 Å². The van der Waals surface area contributed by atoms with Crippen LogP contribution in [0.4, 0.5) is 4.39 Å². The molecule has 0 bridgehead atoms. The van der Waals surface area contributed by atoms with Crippen LogP contribution in [0.15, 0.2) is 54.6 Å². The van der Waals surface area contributed by atoms with Gasteiger partial charge >= 0.3 is 5.97 Å². The predicted octanol–water partition coefficient (Wildman–Crippen LogP) is 3.78. The number of carboxylic acids is 1. The van der Waals surface area contributed by atoms with E-state index in [-0.39, 0.29) is 37.4 Å². The van der Waals surface area contributed by atoms with E-state index in [2.05, 4.69) is 5.10 Å². The van der Waals surface area contributed by atoms with Crippen molar-refractivity contribution in [3.63, 3.8) is 0 Å². The fraction of sp³-hybridized carbons (Fsp3) is 0.357. The predicted molar refractivity (Wildman–Crippen MR) is 137 cm³/mol. The molecular formula is C28H31FN4O5. The summed E-state index contributed by atoms with van der Waals surface area (Å²) >= 11 is 0. The maximum Gasteiger partial charge on any atom is 0.305 e. The number of halogens is 1. The largest absolute Gasteiger partial charge is 0.481 e. The van der Waals surface area contributed by atoms with Gasteiger partial charge in [-0.05, 0) is 55.0 Å². The van der Waals surface area contributed by atoms with Gasteiger partial charge in [0.05, 0.1) is 30.9 Å². The number of carbonyl (C=O) groups excluding carboxylic acids is 1. The highest BCUT2D eigenvalue weighted by molar-refractivity contribution is 5.95. The van der Waals surface area contributed by atoms with Crippen LogP contribution in [0.1, 0.15) is 66.3 Å². The maximum atomic E-state index is 13.6. The lowest BCUT2D eigenvalue weighted by atomic mass is 9.95. The van der Waals surface area contributed by atoms with Crippen molar-refractivity contribution >= 4 is 11.9 Å². The molecule has 1 aromatic heterocycles. The molecule has 0 saturated carbocycles. The molecule has 38 heavy (non-hydrogen) atoms. The summed E-state index contributed by atoms with van der Waals surface area (Å²) in [5.74, 6) is -2.38. The Hall–Kier alpha value is -4.07. The molecule has 2 unspecified atom stereocenters. The Morgan fingerprint density at radius 1 is 1.08 bits per heavy atom. The van der Waals surface area contributed by atoms with Crippen LogP contribution in [0, 0.1) is 17.3 Å². The molecule has 3 aromatic rings.